The summed E-state index contributed by atoms with van der Waals surface area (Å²) in [6, 6.07) is 3.05. The first-order valence-electron chi connectivity index (χ1n) is 6.26. The van der Waals surface area contributed by atoms with Gasteiger partial charge in [0.2, 0.25) is 11.7 Å². The summed E-state index contributed by atoms with van der Waals surface area (Å²) in [5.41, 5.74) is 0. The molecule has 1 aromatic rings. The first-order valence-corrected chi connectivity index (χ1v) is 6.26. The van der Waals surface area contributed by atoms with Crippen LogP contribution in [0.25, 0.3) is 0 Å². The lowest BCUT2D eigenvalue weighted by Crippen LogP contribution is -2.54. The van der Waals surface area contributed by atoms with Gasteiger partial charge in [-0.15, -0.1) is 0 Å². The van der Waals surface area contributed by atoms with Gasteiger partial charge in [0.05, 0.1) is 19.2 Å². The number of nitrogens with zero attached hydrogens (tertiary/aromatic N) is 1. The summed E-state index contributed by atoms with van der Waals surface area (Å²) in [6.07, 6.45) is 0. The monoisotopic (exact) mass is 266 g/mol. The minimum absolute atomic E-state index is 0.0119. The molecular weight excluding hydrogens is 248 g/mol. The molecule has 0 radical (unpaired) electrons. The molecule has 0 saturated carbocycles. The Labute approximate surface area is 111 Å². The zero-order chi connectivity index (χ0) is 14.0. The van der Waals surface area contributed by atoms with Crippen molar-refractivity contribution >= 4 is 11.9 Å². The van der Waals surface area contributed by atoms with E-state index in [2.05, 4.69) is 10.1 Å². The van der Waals surface area contributed by atoms with Gasteiger partial charge in [0.25, 0.3) is 0 Å². The van der Waals surface area contributed by atoms with Crippen molar-refractivity contribution < 1.29 is 18.7 Å². The van der Waals surface area contributed by atoms with Crippen LogP contribution in [0.15, 0.2) is 16.5 Å². The van der Waals surface area contributed by atoms with Crippen LogP contribution in [0.2, 0.25) is 0 Å². The number of carbonyl (C=O) groups excluding carboxylic acids is 2. The maximum absolute atomic E-state index is 11.6. The molecule has 1 N–H and O–H groups in total. The molecule has 1 saturated heterocycles. The molecule has 6 nitrogen and oxygen atoms in total. The fourth-order valence-electron chi connectivity index (χ4n) is 2.28. The molecule has 19 heavy (non-hydrogen) atoms. The number of hydrogen-bond acceptors (Lipinski definition) is 5. The van der Waals surface area contributed by atoms with Crippen LogP contribution in [0.1, 0.15) is 36.2 Å². The normalized spacial score (nSPS) is 21.8. The SMILES string of the molecule is COC(=O)c1ccc(C(C)N2CCNC(=O)C2C)o1. The molecule has 1 aromatic heterocycles. The predicted octanol–water partition coefficient (Wildman–Crippen LogP) is 0.947. The molecule has 0 bridgehead atoms. The van der Waals surface area contributed by atoms with Crippen LogP contribution >= 0.6 is 0 Å². The van der Waals surface area contributed by atoms with Gasteiger partial charge in [0, 0.05) is 13.1 Å². The molecule has 1 aliphatic rings. The van der Waals surface area contributed by atoms with Gasteiger partial charge < -0.3 is 14.5 Å². The Kier molecular flexibility index (Phi) is 3.90. The molecule has 1 aliphatic heterocycles. The summed E-state index contributed by atoms with van der Waals surface area (Å²) < 4.78 is 10.1. The van der Waals surface area contributed by atoms with Gasteiger partial charge in [0.15, 0.2) is 0 Å². The molecule has 104 valence electrons. The van der Waals surface area contributed by atoms with Gasteiger partial charge in [-0.2, -0.15) is 0 Å². The quantitative estimate of drug-likeness (QED) is 0.825. The summed E-state index contributed by atoms with van der Waals surface area (Å²) in [7, 11) is 1.31. The lowest BCUT2D eigenvalue weighted by atomic mass is 10.1. The van der Waals surface area contributed by atoms with E-state index in [-0.39, 0.29) is 23.8 Å². The average Bonchev–Trinajstić information content (AvgIpc) is 2.90. The smallest absolute Gasteiger partial charge is 0.373 e. The molecule has 1 fully saturated rings. The van der Waals surface area contributed by atoms with Crippen LogP contribution in [0.3, 0.4) is 0 Å². The largest absolute Gasteiger partial charge is 0.463 e. The van der Waals surface area contributed by atoms with Gasteiger partial charge in [-0.1, -0.05) is 0 Å². The Morgan fingerprint density at radius 1 is 1.58 bits per heavy atom. The van der Waals surface area contributed by atoms with Crippen molar-refractivity contribution in [2.75, 3.05) is 20.2 Å². The van der Waals surface area contributed by atoms with Gasteiger partial charge in [-0.25, -0.2) is 4.79 Å². The molecule has 2 heterocycles. The maximum atomic E-state index is 11.6. The predicted molar refractivity (Wildman–Crippen MR) is 67.6 cm³/mol. The van der Waals surface area contributed by atoms with E-state index in [9.17, 15) is 9.59 Å². The Morgan fingerprint density at radius 3 is 3.00 bits per heavy atom. The van der Waals surface area contributed by atoms with E-state index in [1.807, 2.05) is 18.7 Å². The highest BCUT2D eigenvalue weighted by Crippen LogP contribution is 2.25. The fourth-order valence-corrected chi connectivity index (χ4v) is 2.28. The summed E-state index contributed by atoms with van der Waals surface area (Å²) in [5, 5.41) is 2.82. The minimum Gasteiger partial charge on any atom is -0.463 e. The topological polar surface area (TPSA) is 71.8 Å². The highest BCUT2D eigenvalue weighted by atomic mass is 16.5. The molecule has 2 rings (SSSR count). The van der Waals surface area contributed by atoms with Crippen molar-refractivity contribution in [1.29, 1.82) is 0 Å². The lowest BCUT2D eigenvalue weighted by Gasteiger charge is -2.36. The van der Waals surface area contributed by atoms with Crippen molar-refractivity contribution in [3.8, 4) is 0 Å². The fraction of sp³-hybridized carbons (Fsp3) is 0.538. The molecule has 6 heteroatoms. The second-order valence-electron chi connectivity index (χ2n) is 4.57. The number of rotatable bonds is 3. The zero-order valence-corrected chi connectivity index (χ0v) is 11.3. The van der Waals surface area contributed by atoms with Crippen molar-refractivity contribution in [1.82, 2.24) is 10.2 Å². The van der Waals surface area contributed by atoms with Gasteiger partial charge >= 0.3 is 5.97 Å². The number of ether oxygens (including phenoxy) is 1. The van der Waals surface area contributed by atoms with Gasteiger partial charge in [-0.05, 0) is 26.0 Å². The number of carbonyl (C=O) groups is 2. The standard InChI is InChI=1S/C13H18N2O4/c1-8(15-7-6-14-12(16)9(15)2)10-4-5-11(19-10)13(17)18-3/h4-5,8-9H,6-7H2,1-3H3,(H,14,16). The summed E-state index contributed by atoms with van der Waals surface area (Å²) in [5.74, 6) is 0.348. The molecule has 0 spiro atoms. The highest BCUT2D eigenvalue weighted by molar-refractivity contribution is 5.86. The Hall–Kier alpha value is -1.82. The molecule has 0 aromatic carbocycles. The van der Waals surface area contributed by atoms with E-state index >= 15 is 0 Å². The highest BCUT2D eigenvalue weighted by Gasteiger charge is 2.31. The van der Waals surface area contributed by atoms with Crippen LogP contribution in [0.4, 0.5) is 0 Å². The maximum Gasteiger partial charge on any atom is 0.373 e. The Bertz CT molecular complexity index is 483. The molecule has 2 unspecified atom stereocenters. The first kappa shape index (κ1) is 13.6. The van der Waals surface area contributed by atoms with Crippen LogP contribution in [-0.2, 0) is 9.53 Å². The number of furan rings is 1. The lowest BCUT2D eigenvalue weighted by molar-refractivity contribution is -0.129. The van der Waals surface area contributed by atoms with Gasteiger partial charge in [-0.3, -0.25) is 9.69 Å². The van der Waals surface area contributed by atoms with Crippen LogP contribution in [0, 0.1) is 0 Å². The minimum atomic E-state index is -0.497. The number of nitrogens with one attached hydrogen (secondary N) is 1. The average molecular weight is 266 g/mol. The third kappa shape index (κ3) is 2.63. The second-order valence-corrected chi connectivity index (χ2v) is 4.57. The summed E-state index contributed by atoms with van der Waals surface area (Å²) in [6.45, 7) is 5.19. The molecule has 0 aliphatic carbocycles. The molecular formula is C13H18N2O4. The Balaban J connectivity index is 2.14. The van der Waals surface area contributed by atoms with E-state index in [4.69, 9.17) is 4.42 Å². The first-order chi connectivity index (χ1) is 9.04. The van der Waals surface area contributed by atoms with Crippen LogP contribution in [0.5, 0.6) is 0 Å². The number of amides is 1. The molecule has 2 atom stereocenters. The van der Waals surface area contributed by atoms with E-state index in [1.165, 1.54) is 7.11 Å². The summed E-state index contributed by atoms with van der Waals surface area (Å²) >= 11 is 0. The second kappa shape index (κ2) is 5.44. The van der Waals surface area contributed by atoms with Crippen molar-refractivity contribution in [3.63, 3.8) is 0 Å². The number of piperazine rings is 1. The van der Waals surface area contributed by atoms with E-state index in [0.717, 1.165) is 6.54 Å². The van der Waals surface area contributed by atoms with Crippen LogP contribution in [-0.4, -0.2) is 43.0 Å². The number of methoxy groups -OCH3 is 1. The Morgan fingerprint density at radius 2 is 2.32 bits per heavy atom. The van der Waals surface area contributed by atoms with E-state index in [1.54, 1.807) is 12.1 Å². The van der Waals surface area contributed by atoms with Gasteiger partial charge in [0.1, 0.15) is 5.76 Å². The zero-order valence-electron chi connectivity index (χ0n) is 11.3. The number of hydrogen-bond donors (Lipinski definition) is 1. The number of esters is 1. The van der Waals surface area contributed by atoms with E-state index < -0.39 is 5.97 Å². The third-order valence-corrected chi connectivity index (χ3v) is 3.47. The van der Waals surface area contributed by atoms with Crippen molar-refractivity contribution in [2.45, 2.75) is 25.9 Å². The van der Waals surface area contributed by atoms with E-state index in [0.29, 0.717) is 12.3 Å². The molecule has 1 amide bonds. The summed E-state index contributed by atoms with van der Waals surface area (Å²) in [4.78, 5) is 25.0. The van der Waals surface area contributed by atoms with Crippen molar-refractivity contribution in [2.24, 2.45) is 0 Å². The third-order valence-electron chi connectivity index (χ3n) is 3.47. The van der Waals surface area contributed by atoms with Crippen LogP contribution < -0.4 is 5.32 Å². The van der Waals surface area contributed by atoms with Crippen molar-refractivity contribution in [3.05, 3.63) is 23.7 Å².